The fourth-order valence-corrected chi connectivity index (χ4v) is 2.67. The Morgan fingerprint density at radius 1 is 1.21 bits per heavy atom. The highest BCUT2D eigenvalue weighted by molar-refractivity contribution is 5.76. The summed E-state index contributed by atoms with van der Waals surface area (Å²) >= 11 is 0. The molecule has 0 saturated heterocycles. The molecule has 1 aliphatic rings. The summed E-state index contributed by atoms with van der Waals surface area (Å²) in [6, 6.07) is 7.81. The summed E-state index contributed by atoms with van der Waals surface area (Å²) in [5, 5.41) is 3.00. The van der Waals surface area contributed by atoms with Gasteiger partial charge in [0, 0.05) is 13.0 Å². The highest BCUT2D eigenvalue weighted by atomic mass is 16.5. The first-order chi connectivity index (χ1) is 9.28. The maximum Gasteiger partial charge on any atom is 0.220 e. The van der Waals surface area contributed by atoms with Gasteiger partial charge in [-0.2, -0.15) is 0 Å². The predicted molar refractivity (Wildman–Crippen MR) is 76.0 cm³/mol. The van der Waals surface area contributed by atoms with Crippen molar-refractivity contribution >= 4 is 5.91 Å². The molecule has 0 radical (unpaired) electrons. The minimum Gasteiger partial charge on any atom is -0.497 e. The van der Waals surface area contributed by atoms with Crippen LogP contribution in [0.15, 0.2) is 24.3 Å². The molecule has 0 spiro atoms. The van der Waals surface area contributed by atoms with Crippen LogP contribution in [-0.2, 0) is 11.3 Å². The van der Waals surface area contributed by atoms with Crippen molar-refractivity contribution in [2.24, 2.45) is 5.92 Å². The normalized spacial score (nSPS) is 16.1. The van der Waals surface area contributed by atoms with Crippen LogP contribution in [0.25, 0.3) is 0 Å². The predicted octanol–water partition coefficient (Wildman–Crippen LogP) is 3.28. The molecule has 0 heterocycles. The summed E-state index contributed by atoms with van der Waals surface area (Å²) < 4.78 is 5.11. The number of amides is 1. The Labute approximate surface area is 115 Å². The Morgan fingerprint density at radius 2 is 1.89 bits per heavy atom. The van der Waals surface area contributed by atoms with E-state index < -0.39 is 0 Å². The molecule has 1 aromatic carbocycles. The lowest BCUT2D eigenvalue weighted by Gasteiger charge is -2.20. The van der Waals surface area contributed by atoms with Gasteiger partial charge >= 0.3 is 0 Å². The topological polar surface area (TPSA) is 38.3 Å². The van der Waals surface area contributed by atoms with Gasteiger partial charge in [0.05, 0.1) is 7.11 Å². The molecule has 3 nitrogen and oxygen atoms in total. The molecule has 1 aliphatic carbocycles. The first kappa shape index (κ1) is 13.9. The Morgan fingerprint density at radius 3 is 2.53 bits per heavy atom. The quantitative estimate of drug-likeness (QED) is 0.883. The largest absolute Gasteiger partial charge is 0.497 e. The second-order valence-electron chi connectivity index (χ2n) is 5.33. The zero-order chi connectivity index (χ0) is 13.5. The standard InChI is InChI=1S/C16H23NO2/c1-19-15-9-7-14(8-10-15)12-17-16(18)11-13-5-3-2-4-6-13/h7-10,13H,2-6,11-12H2,1H3,(H,17,18). The average molecular weight is 261 g/mol. The van der Waals surface area contributed by atoms with E-state index in [1.165, 1.54) is 32.1 Å². The van der Waals surface area contributed by atoms with E-state index in [-0.39, 0.29) is 5.91 Å². The summed E-state index contributed by atoms with van der Waals surface area (Å²) in [5.74, 6) is 1.63. The van der Waals surface area contributed by atoms with Crippen molar-refractivity contribution in [1.82, 2.24) is 5.32 Å². The Hall–Kier alpha value is -1.51. The summed E-state index contributed by atoms with van der Waals surface area (Å²) in [6.45, 7) is 0.607. The molecule has 1 fully saturated rings. The molecule has 0 bridgehead atoms. The van der Waals surface area contributed by atoms with Gasteiger partial charge in [-0.3, -0.25) is 4.79 Å². The third-order valence-corrected chi connectivity index (χ3v) is 3.85. The first-order valence-corrected chi connectivity index (χ1v) is 7.17. The number of carbonyl (C=O) groups is 1. The van der Waals surface area contributed by atoms with Crippen LogP contribution >= 0.6 is 0 Å². The number of carbonyl (C=O) groups excluding carboxylic acids is 1. The summed E-state index contributed by atoms with van der Waals surface area (Å²) in [7, 11) is 1.65. The number of ether oxygens (including phenoxy) is 1. The van der Waals surface area contributed by atoms with Crippen LogP contribution in [-0.4, -0.2) is 13.0 Å². The van der Waals surface area contributed by atoms with E-state index in [9.17, 15) is 4.79 Å². The maximum atomic E-state index is 11.9. The molecule has 2 rings (SSSR count). The minimum absolute atomic E-state index is 0.183. The van der Waals surface area contributed by atoms with Crippen LogP contribution in [0, 0.1) is 5.92 Å². The van der Waals surface area contributed by atoms with Crippen molar-refractivity contribution in [2.45, 2.75) is 45.1 Å². The second kappa shape index (κ2) is 7.17. The number of hydrogen-bond donors (Lipinski definition) is 1. The third kappa shape index (κ3) is 4.58. The van der Waals surface area contributed by atoms with E-state index in [2.05, 4.69) is 5.32 Å². The summed E-state index contributed by atoms with van der Waals surface area (Å²) in [5.41, 5.74) is 1.11. The Bertz CT molecular complexity index is 394. The van der Waals surface area contributed by atoms with Crippen LogP contribution in [0.3, 0.4) is 0 Å². The van der Waals surface area contributed by atoms with Crippen LogP contribution in [0.4, 0.5) is 0 Å². The molecule has 1 amide bonds. The van der Waals surface area contributed by atoms with Gasteiger partial charge in [-0.1, -0.05) is 31.4 Å². The highest BCUT2D eigenvalue weighted by Gasteiger charge is 2.16. The van der Waals surface area contributed by atoms with Gasteiger partial charge < -0.3 is 10.1 Å². The molecule has 3 heteroatoms. The first-order valence-electron chi connectivity index (χ1n) is 7.17. The van der Waals surface area contributed by atoms with Gasteiger partial charge in [-0.15, -0.1) is 0 Å². The average Bonchev–Trinajstić information content (AvgIpc) is 2.47. The fourth-order valence-electron chi connectivity index (χ4n) is 2.67. The van der Waals surface area contributed by atoms with Crippen LogP contribution in [0.1, 0.15) is 44.1 Å². The van der Waals surface area contributed by atoms with Crippen LogP contribution in [0.5, 0.6) is 5.75 Å². The van der Waals surface area contributed by atoms with Crippen molar-refractivity contribution < 1.29 is 9.53 Å². The van der Waals surface area contributed by atoms with Crippen LogP contribution < -0.4 is 10.1 Å². The third-order valence-electron chi connectivity index (χ3n) is 3.85. The lowest BCUT2D eigenvalue weighted by atomic mass is 9.87. The second-order valence-corrected chi connectivity index (χ2v) is 5.33. The van der Waals surface area contributed by atoms with E-state index in [0.717, 1.165) is 11.3 Å². The minimum atomic E-state index is 0.183. The summed E-state index contributed by atoms with van der Waals surface area (Å²) in [4.78, 5) is 11.9. The molecular weight excluding hydrogens is 238 g/mol. The molecule has 0 aromatic heterocycles. The van der Waals surface area contributed by atoms with Crippen molar-refractivity contribution in [3.8, 4) is 5.75 Å². The van der Waals surface area contributed by atoms with E-state index in [4.69, 9.17) is 4.74 Å². The van der Waals surface area contributed by atoms with Crippen molar-refractivity contribution in [2.75, 3.05) is 7.11 Å². The van der Waals surface area contributed by atoms with E-state index in [1.54, 1.807) is 7.11 Å². The summed E-state index contributed by atoms with van der Waals surface area (Å²) in [6.07, 6.45) is 7.04. The molecule has 19 heavy (non-hydrogen) atoms. The molecular formula is C16H23NO2. The van der Waals surface area contributed by atoms with E-state index in [0.29, 0.717) is 18.9 Å². The smallest absolute Gasteiger partial charge is 0.220 e. The van der Waals surface area contributed by atoms with Crippen molar-refractivity contribution in [1.29, 1.82) is 0 Å². The highest BCUT2D eigenvalue weighted by Crippen LogP contribution is 2.26. The van der Waals surface area contributed by atoms with E-state index >= 15 is 0 Å². The number of hydrogen-bond acceptors (Lipinski definition) is 2. The lowest BCUT2D eigenvalue weighted by Crippen LogP contribution is -2.25. The van der Waals surface area contributed by atoms with Crippen LogP contribution in [0.2, 0.25) is 0 Å². The number of benzene rings is 1. The van der Waals surface area contributed by atoms with Gasteiger partial charge in [0.25, 0.3) is 0 Å². The molecule has 1 aromatic rings. The lowest BCUT2D eigenvalue weighted by molar-refractivity contribution is -0.122. The van der Waals surface area contributed by atoms with Gasteiger partial charge in [-0.25, -0.2) is 0 Å². The molecule has 1 saturated carbocycles. The molecule has 0 atom stereocenters. The molecule has 0 unspecified atom stereocenters. The molecule has 104 valence electrons. The fraction of sp³-hybridized carbons (Fsp3) is 0.562. The van der Waals surface area contributed by atoms with Gasteiger partial charge in [0.1, 0.15) is 5.75 Å². The number of methoxy groups -OCH3 is 1. The van der Waals surface area contributed by atoms with Gasteiger partial charge in [0.15, 0.2) is 0 Å². The van der Waals surface area contributed by atoms with Crippen molar-refractivity contribution in [3.05, 3.63) is 29.8 Å². The zero-order valence-corrected chi connectivity index (χ0v) is 11.7. The number of nitrogens with one attached hydrogen (secondary N) is 1. The van der Waals surface area contributed by atoms with E-state index in [1.807, 2.05) is 24.3 Å². The Kier molecular flexibility index (Phi) is 5.25. The SMILES string of the molecule is COc1ccc(CNC(=O)CC2CCCCC2)cc1. The molecule has 1 N–H and O–H groups in total. The van der Waals surface area contributed by atoms with Crippen molar-refractivity contribution in [3.63, 3.8) is 0 Å². The molecule has 0 aliphatic heterocycles. The van der Waals surface area contributed by atoms with Gasteiger partial charge in [-0.05, 0) is 36.5 Å². The number of rotatable bonds is 5. The maximum absolute atomic E-state index is 11.9. The zero-order valence-electron chi connectivity index (χ0n) is 11.7. The van der Waals surface area contributed by atoms with Gasteiger partial charge in [0.2, 0.25) is 5.91 Å². The monoisotopic (exact) mass is 261 g/mol. The Balaban J connectivity index is 1.72.